The minimum Gasteiger partial charge on any atom is -0.391 e. The Hall–Kier alpha value is -1.15. The Morgan fingerprint density at radius 3 is 2.68 bits per heavy atom. The van der Waals surface area contributed by atoms with Crippen LogP contribution in [0.1, 0.15) is 4.88 Å². The van der Waals surface area contributed by atoms with Crippen molar-refractivity contribution in [1.29, 1.82) is 0 Å². The first-order valence-electron chi connectivity index (χ1n) is 5.10. The van der Waals surface area contributed by atoms with Crippen LogP contribution in [0.4, 0.5) is 10.1 Å². The highest BCUT2D eigenvalue weighted by Gasteiger charge is 2.18. The molecule has 2 N–H and O–H groups in total. The van der Waals surface area contributed by atoms with E-state index in [-0.39, 0.29) is 21.5 Å². The van der Waals surface area contributed by atoms with Crippen molar-refractivity contribution in [3.8, 4) is 0 Å². The van der Waals surface area contributed by atoms with Gasteiger partial charge in [-0.1, -0.05) is 11.6 Å². The van der Waals surface area contributed by atoms with Crippen molar-refractivity contribution >= 4 is 38.6 Å². The monoisotopic (exact) mass is 321 g/mol. The highest BCUT2D eigenvalue weighted by Crippen LogP contribution is 2.28. The van der Waals surface area contributed by atoms with Gasteiger partial charge in [-0.3, -0.25) is 4.72 Å². The fourth-order valence-electron chi connectivity index (χ4n) is 1.36. The van der Waals surface area contributed by atoms with E-state index in [9.17, 15) is 12.8 Å². The van der Waals surface area contributed by atoms with Crippen LogP contribution in [-0.4, -0.2) is 13.5 Å². The number of hydrogen-bond donors (Lipinski definition) is 2. The molecule has 0 aliphatic carbocycles. The van der Waals surface area contributed by atoms with Crippen molar-refractivity contribution in [1.82, 2.24) is 0 Å². The first-order valence-corrected chi connectivity index (χ1v) is 7.77. The van der Waals surface area contributed by atoms with Gasteiger partial charge < -0.3 is 5.11 Å². The van der Waals surface area contributed by atoms with E-state index < -0.39 is 15.8 Å². The molecule has 0 saturated heterocycles. The number of aliphatic hydroxyl groups excluding tert-OH is 1. The summed E-state index contributed by atoms with van der Waals surface area (Å²) in [5, 5.41) is 9.01. The third-order valence-corrected chi connectivity index (χ3v) is 5.49. The fraction of sp³-hybridized carbons (Fsp3) is 0.0909. The van der Waals surface area contributed by atoms with Gasteiger partial charge in [0.2, 0.25) is 0 Å². The van der Waals surface area contributed by atoms with Gasteiger partial charge in [-0.2, -0.15) is 0 Å². The van der Waals surface area contributed by atoms with Gasteiger partial charge >= 0.3 is 0 Å². The first-order chi connectivity index (χ1) is 8.92. The molecule has 19 heavy (non-hydrogen) atoms. The van der Waals surface area contributed by atoms with Crippen molar-refractivity contribution in [2.75, 3.05) is 4.72 Å². The quantitative estimate of drug-likeness (QED) is 0.910. The predicted molar refractivity (Wildman–Crippen MR) is 72.5 cm³/mol. The molecule has 1 aromatic carbocycles. The highest BCUT2D eigenvalue weighted by molar-refractivity contribution is 7.94. The summed E-state index contributed by atoms with van der Waals surface area (Å²) in [5.74, 6) is -0.593. The molecule has 0 bridgehead atoms. The molecule has 0 atom stereocenters. The lowest BCUT2D eigenvalue weighted by Gasteiger charge is -2.08. The lowest BCUT2D eigenvalue weighted by atomic mass is 10.3. The van der Waals surface area contributed by atoms with Crippen LogP contribution in [0.5, 0.6) is 0 Å². The number of halogens is 2. The largest absolute Gasteiger partial charge is 0.391 e. The number of nitrogens with one attached hydrogen (secondary N) is 1. The van der Waals surface area contributed by atoms with Crippen molar-refractivity contribution < 1.29 is 17.9 Å². The molecule has 0 amide bonds. The number of anilines is 1. The third-order valence-electron chi connectivity index (χ3n) is 2.23. The van der Waals surface area contributed by atoms with Crippen LogP contribution in [0, 0.1) is 5.82 Å². The van der Waals surface area contributed by atoms with Crippen LogP contribution in [0.25, 0.3) is 0 Å². The summed E-state index contributed by atoms with van der Waals surface area (Å²) >= 11 is 6.72. The molecular formula is C11H9ClFNO3S2. The Bertz CT molecular complexity index is 700. The van der Waals surface area contributed by atoms with Gasteiger partial charge in [0.25, 0.3) is 10.0 Å². The van der Waals surface area contributed by atoms with Crippen molar-refractivity contribution in [3.63, 3.8) is 0 Å². The summed E-state index contributed by atoms with van der Waals surface area (Å²) in [5.41, 5.74) is -0.0272. The molecule has 4 nitrogen and oxygen atoms in total. The van der Waals surface area contributed by atoms with Gasteiger partial charge in [-0.05, 0) is 30.3 Å². The Labute approximate surface area is 118 Å². The normalized spacial score (nSPS) is 11.5. The molecule has 0 aliphatic heterocycles. The van der Waals surface area contributed by atoms with E-state index in [4.69, 9.17) is 16.7 Å². The molecule has 2 rings (SSSR count). The first kappa shape index (κ1) is 14.3. The predicted octanol–water partition coefficient (Wildman–Crippen LogP) is 2.83. The second-order valence-electron chi connectivity index (χ2n) is 3.61. The number of thiophene rings is 1. The Morgan fingerprint density at radius 2 is 2.05 bits per heavy atom. The zero-order chi connectivity index (χ0) is 14.0. The molecule has 1 aromatic heterocycles. The Morgan fingerprint density at radius 1 is 1.32 bits per heavy atom. The molecule has 0 fully saturated rings. The van der Waals surface area contributed by atoms with E-state index in [0.29, 0.717) is 4.88 Å². The zero-order valence-corrected chi connectivity index (χ0v) is 11.8. The Kier molecular flexibility index (Phi) is 4.10. The molecule has 1 heterocycles. The van der Waals surface area contributed by atoms with Crippen molar-refractivity contribution in [2.45, 2.75) is 10.8 Å². The maximum Gasteiger partial charge on any atom is 0.271 e. The second-order valence-corrected chi connectivity index (χ2v) is 7.09. The third kappa shape index (κ3) is 3.24. The summed E-state index contributed by atoms with van der Waals surface area (Å²) < 4.78 is 39.4. The number of aliphatic hydroxyl groups is 1. The average molecular weight is 322 g/mol. The lowest BCUT2D eigenvalue weighted by Crippen LogP contribution is -2.11. The van der Waals surface area contributed by atoms with Crippen LogP contribution < -0.4 is 4.72 Å². The van der Waals surface area contributed by atoms with Gasteiger partial charge in [-0.15, -0.1) is 11.3 Å². The van der Waals surface area contributed by atoms with E-state index in [1.807, 2.05) is 0 Å². The van der Waals surface area contributed by atoms with Crippen LogP contribution in [0.2, 0.25) is 5.02 Å². The van der Waals surface area contributed by atoms with E-state index >= 15 is 0 Å². The van der Waals surface area contributed by atoms with Gasteiger partial charge in [-0.25, -0.2) is 12.8 Å². The fourth-order valence-corrected chi connectivity index (χ4v) is 3.87. The maximum atomic E-state index is 13.1. The molecule has 0 radical (unpaired) electrons. The van der Waals surface area contributed by atoms with Crippen molar-refractivity contribution in [3.05, 3.63) is 46.0 Å². The van der Waals surface area contributed by atoms with Crippen LogP contribution >= 0.6 is 22.9 Å². The molecule has 0 unspecified atom stereocenters. The number of rotatable bonds is 4. The van der Waals surface area contributed by atoms with Crippen LogP contribution in [-0.2, 0) is 16.6 Å². The highest BCUT2D eigenvalue weighted by atomic mass is 35.5. The van der Waals surface area contributed by atoms with Gasteiger partial charge in [0.1, 0.15) is 10.0 Å². The second kappa shape index (κ2) is 5.46. The summed E-state index contributed by atoms with van der Waals surface area (Å²) in [7, 11) is -3.84. The number of hydrogen-bond acceptors (Lipinski definition) is 4. The topological polar surface area (TPSA) is 66.4 Å². The van der Waals surface area contributed by atoms with Crippen LogP contribution in [0.15, 0.2) is 34.5 Å². The summed E-state index contributed by atoms with van der Waals surface area (Å²) in [4.78, 5) is 0.519. The van der Waals surface area contributed by atoms with E-state index in [1.165, 1.54) is 18.2 Å². The van der Waals surface area contributed by atoms with E-state index in [2.05, 4.69) is 4.72 Å². The SMILES string of the molecule is O=S(=O)(Nc1cc(F)ccc1Cl)c1ccc(CO)s1. The van der Waals surface area contributed by atoms with Crippen molar-refractivity contribution in [2.24, 2.45) is 0 Å². The minimum atomic E-state index is -3.84. The number of sulfonamides is 1. The summed E-state index contributed by atoms with van der Waals surface area (Å²) in [6.07, 6.45) is 0. The molecular weight excluding hydrogens is 313 g/mol. The Balaban J connectivity index is 2.33. The molecule has 0 aliphatic rings. The molecule has 8 heteroatoms. The average Bonchev–Trinajstić information content (AvgIpc) is 2.83. The van der Waals surface area contributed by atoms with E-state index in [1.54, 1.807) is 0 Å². The molecule has 102 valence electrons. The standard InChI is InChI=1S/C11H9ClFNO3S2/c12-9-3-1-7(13)5-10(9)14-19(16,17)11-4-2-8(6-15)18-11/h1-5,14-15H,6H2. The van der Waals surface area contributed by atoms with E-state index in [0.717, 1.165) is 23.5 Å². The zero-order valence-electron chi connectivity index (χ0n) is 9.43. The number of benzene rings is 1. The van der Waals surface area contributed by atoms with Gasteiger partial charge in [0.05, 0.1) is 17.3 Å². The maximum absolute atomic E-state index is 13.1. The molecule has 0 saturated carbocycles. The summed E-state index contributed by atoms with van der Waals surface area (Å²) in [6.45, 7) is -0.235. The van der Waals surface area contributed by atoms with Crippen LogP contribution in [0.3, 0.4) is 0 Å². The van der Waals surface area contributed by atoms with Gasteiger partial charge in [0, 0.05) is 4.88 Å². The van der Waals surface area contributed by atoms with Gasteiger partial charge in [0.15, 0.2) is 0 Å². The smallest absolute Gasteiger partial charge is 0.271 e. The molecule has 0 spiro atoms. The lowest BCUT2D eigenvalue weighted by molar-refractivity contribution is 0.285. The minimum absolute atomic E-state index is 0.0249. The molecule has 2 aromatic rings. The summed E-state index contributed by atoms with van der Waals surface area (Å²) in [6, 6.07) is 6.27.